The van der Waals surface area contributed by atoms with E-state index in [4.69, 9.17) is 4.74 Å². The van der Waals surface area contributed by atoms with Crippen molar-refractivity contribution in [2.24, 2.45) is 5.92 Å². The molecule has 0 unspecified atom stereocenters. The van der Waals surface area contributed by atoms with Crippen molar-refractivity contribution in [1.29, 1.82) is 0 Å². The third-order valence-electron chi connectivity index (χ3n) is 3.56. The SMILES string of the molecule is CCCNc1cc(OCC2CCCCC2)nc(C)n1. The quantitative estimate of drug-likeness (QED) is 0.852. The molecule has 1 heterocycles. The van der Waals surface area contributed by atoms with E-state index in [0.717, 1.165) is 31.2 Å². The molecule has 0 radical (unpaired) electrons. The van der Waals surface area contributed by atoms with Crippen molar-refractivity contribution in [1.82, 2.24) is 9.97 Å². The second kappa shape index (κ2) is 7.31. The fourth-order valence-electron chi connectivity index (χ4n) is 2.51. The molecule has 0 spiro atoms. The van der Waals surface area contributed by atoms with Gasteiger partial charge in [0, 0.05) is 12.6 Å². The van der Waals surface area contributed by atoms with Crippen LogP contribution < -0.4 is 10.1 Å². The van der Waals surface area contributed by atoms with E-state index in [1.165, 1.54) is 32.1 Å². The molecule has 4 nitrogen and oxygen atoms in total. The van der Waals surface area contributed by atoms with Gasteiger partial charge in [-0.1, -0.05) is 26.2 Å². The summed E-state index contributed by atoms with van der Waals surface area (Å²) in [6.45, 7) is 5.77. The lowest BCUT2D eigenvalue weighted by molar-refractivity contribution is 0.202. The Hall–Kier alpha value is -1.32. The number of ether oxygens (including phenoxy) is 1. The number of rotatable bonds is 6. The first-order valence-electron chi connectivity index (χ1n) is 7.50. The lowest BCUT2D eigenvalue weighted by Gasteiger charge is -2.21. The monoisotopic (exact) mass is 263 g/mol. The number of nitrogens with zero attached hydrogens (tertiary/aromatic N) is 2. The van der Waals surface area contributed by atoms with E-state index in [9.17, 15) is 0 Å². The molecule has 1 aromatic rings. The predicted octanol–water partition coefficient (Wildman–Crippen LogP) is 3.57. The number of aryl methyl sites for hydroxylation is 1. The zero-order chi connectivity index (χ0) is 13.5. The molecule has 1 N–H and O–H groups in total. The first-order chi connectivity index (χ1) is 9.28. The zero-order valence-corrected chi connectivity index (χ0v) is 12.1. The first kappa shape index (κ1) is 14.1. The third-order valence-corrected chi connectivity index (χ3v) is 3.56. The van der Waals surface area contributed by atoms with Gasteiger partial charge in [-0.15, -0.1) is 0 Å². The summed E-state index contributed by atoms with van der Waals surface area (Å²) in [5.74, 6) is 3.04. The van der Waals surface area contributed by atoms with Crippen LogP contribution in [0.2, 0.25) is 0 Å². The largest absolute Gasteiger partial charge is 0.477 e. The molecule has 1 fully saturated rings. The van der Waals surface area contributed by atoms with Crippen molar-refractivity contribution in [3.8, 4) is 5.88 Å². The second-order valence-electron chi connectivity index (χ2n) is 5.38. The van der Waals surface area contributed by atoms with Crippen LogP contribution in [0.3, 0.4) is 0 Å². The molecule has 1 aromatic heterocycles. The molecule has 0 amide bonds. The molecular formula is C15H25N3O. The van der Waals surface area contributed by atoms with Gasteiger partial charge in [-0.2, -0.15) is 4.98 Å². The van der Waals surface area contributed by atoms with E-state index in [-0.39, 0.29) is 0 Å². The Morgan fingerprint density at radius 2 is 2.05 bits per heavy atom. The summed E-state index contributed by atoms with van der Waals surface area (Å²) in [6, 6.07) is 1.91. The van der Waals surface area contributed by atoms with Gasteiger partial charge in [-0.05, 0) is 32.1 Å². The maximum absolute atomic E-state index is 5.86. The molecule has 1 saturated carbocycles. The van der Waals surface area contributed by atoms with Gasteiger partial charge in [0.25, 0.3) is 0 Å². The Morgan fingerprint density at radius 1 is 1.26 bits per heavy atom. The predicted molar refractivity (Wildman–Crippen MR) is 77.6 cm³/mol. The Morgan fingerprint density at radius 3 is 2.79 bits per heavy atom. The minimum absolute atomic E-state index is 0.705. The highest BCUT2D eigenvalue weighted by molar-refractivity contribution is 5.38. The fourth-order valence-corrected chi connectivity index (χ4v) is 2.51. The summed E-state index contributed by atoms with van der Waals surface area (Å²) in [7, 11) is 0. The maximum Gasteiger partial charge on any atom is 0.218 e. The minimum atomic E-state index is 0.705. The topological polar surface area (TPSA) is 47.0 Å². The van der Waals surface area contributed by atoms with Crippen LogP contribution in [0.4, 0.5) is 5.82 Å². The minimum Gasteiger partial charge on any atom is -0.477 e. The lowest BCUT2D eigenvalue weighted by Crippen LogP contribution is -2.16. The highest BCUT2D eigenvalue weighted by Crippen LogP contribution is 2.24. The Bertz CT molecular complexity index is 389. The zero-order valence-electron chi connectivity index (χ0n) is 12.1. The van der Waals surface area contributed by atoms with Gasteiger partial charge in [0.1, 0.15) is 11.6 Å². The Kier molecular flexibility index (Phi) is 5.43. The first-order valence-corrected chi connectivity index (χ1v) is 7.50. The van der Waals surface area contributed by atoms with Gasteiger partial charge >= 0.3 is 0 Å². The van der Waals surface area contributed by atoms with Crippen molar-refractivity contribution < 1.29 is 4.74 Å². The summed E-state index contributed by atoms with van der Waals surface area (Å²) in [5, 5.41) is 3.28. The van der Waals surface area contributed by atoms with E-state index in [0.29, 0.717) is 11.8 Å². The molecule has 0 aliphatic heterocycles. The van der Waals surface area contributed by atoms with Gasteiger partial charge in [-0.25, -0.2) is 4.98 Å². The van der Waals surface area contributed by atoms with Crippen LogP contribution in [-0.2, 0) is 0 Å². The number of hydrogen-bond acceptors (Lipinski definition) is 4. The second-order valence-corrected chi connectivity index (χ2v) is 5.38. The van der Waals surface area contributed by atoms with E-state index < -0.39 is 0 Å². The van der Waals surface area contributed by atoms with Gasteiger partial charge in [0.05, 0.1) is 6.61 Å². The van der Waals surface area contributed by atoms with Crippen molar-refractivity contribution in [3.63, 3.8) is 0 Å². The molecule has 1 aliphatic carbocycles. The summed E-state index contributed by atoms with van der Waals surface area (Å²) in [6.07, 6.45) is 7.76. The van der Waals surface area contributed by atoms with E-state index in [2.05, 4.69) is 22.2 Å². The van der Waals surface area contributed by atoms with Crippen molar-refractivity contribution in [3.05, 3.63) is 11.9 Å². The van der Waals surface area contributed by atoms with Gasteiger partial charge in [-0.3, -0.25) is 0 Å². The molecule has 0 aromatic carbocycles. The summed E-state index contributed by atoms with van der Waals surface area (Å²) in [4.78, 5) is 8.72. The van der Waals surface area contributed by atoms with Crippen LogP contribution in [0.5, 0.6) is 5.88 Å². The molecule has 0 saturated heterocycles. The smallest absolute Gasteiger partial charge is 0.218 e. The van der Waals surface area contributed by atoms with Crippen LogP contribution >= 0.6 is 0 Å². The highest BCUT2D eigenvalue weighted by atomic mass is 16.5. The molecule has 0 bridgehead atoms. The molecule has 0 atom stereocenters. The number of nitrogens with one attached hydrogen (secondary N) is 1. The van der Waals surface area contributed by atoms with Crippen LogP contribution in [0.1, 0.15) is 51.3 Å². The van der Waals surface area contributed by atoms with Crippen LogP contribution in [-0.4, -0.2) is 23.1 Å². The van der Waals surface area contributed by atoms with Crippen molar-refractivity contribution >= 4 is 5.82 Å². The van der Waals surface area contributed by atoms with E-state index in [1.807, 2.05) is 13.0 Å². The van der Waals surface area contributed by atoms with E-state index in [1.54, 1.807) is 0 Å². The van der Waals surface area contributed by atoms with E-state index >= 15 is 0 Å². The normalized spacial score (nSPS) is 16.3. The lowest BCUT2D eigenvalue weighted by atomic mass is 9.90. The molecule has 106 valence electrons. The molecular weight excluding hydrogens is 238 g/mol. The average molecular weight is 263 g/mol. The number of aromatic nitrogens is 2. The van der Waals surface area contributed by atoms with Crippen LogP contribution in [0, 0.1) is 12.8 Å². The number of anilines is 1. The molecule has 19 heavy (non-hydrogen) atoms. The standard InChI is InChI=1S/C15H25N3O/c1-3-9-16-14-10-15(18-12(2)17-14)19-11-13-7-5-4-6-8-13/h10,13H,3-9,11H2,1-2H3,(H,16,17,18). The Balaban J connectivity index is 1.89. The van der Waals surface area contributed by atoms with Gasteiger partial charge < -0.3 is 10.1 Å². The summed E-state index contributed by atoms with van der Waals surface area (Å²) < 4.78 is 5.86. The van der Waals surface area contributed by atoms with Crippen molar-refractivity contribution in [2.75, 3.05) is 18.5 Å². The highest BCUT2D eigenvalue weighted by Gasteiger charge is 2.14. The third kappa shape index (κ3) is 4.69. The Labute approximate surface area is 116 Å². The molecule has 1 aliphatic rings. The van der Waals surface area contributed by atoms with Crippen LogP contribution in [0.25, 0.3) is 0 Å². The van der Waals surface area contributed by atoms with Gasteiger partial charge in [0.15, 0.2) is 0 Å². The molecule has 4 heteroatoms. The number of hydrogen-bond donors (Lipinski definition) is 1. The van der Waals surface area contributed by atoms with Crippen LogP contribution in [0.15, 0.2) is 6.07 Å². The average Bonchev–Trinajstić information content (AvgIpc) is 2.43. The maximum atomic E-state index is 5.86. The fraction of sp³-hybridized carbons (Fsp3) is 0.733. The molecule has 2 rings (SSSR count). The summed E-state index contributed by atoms with van der Waals surface area (Å²) >= 11 is 0. The van der Waals surface area contributed by atoms with Gasteiger partial charge in [0.2, 0.25) is 5.88 Å². The van der Waals surface area contributed by atoms with Crippen molar-refractivity contribution in [2.45, 2.75) is 52.4 Å². The summed E-state index contributed by atoms with van der Waals surface area (Å²) in [5.41, 5.74) is 0.